The maximum atomic E-state index is 13.1. The fourth-order valence-corrected chi connectivity index (χ4v) is 9.72. The molecule has 4 saturated carbocycles. The molecule has 352 valence electrons. The lowest BCUT2D eigenvalue weighted by atomic mass is 10.1. The summed E-state index contributed by atoms with van der Waals surface area (Å²) < 4.78 is 6.45. The zero-order valence-corrected chi connectivity index (χ0v) is 38.7. The van der Waals surface area contributed by atoms with E-state index < -0.39 is 0 Å². The number of fused-ring (bicyclic) bond motifs is 2. The van der Waals surface area contributed by atoms with Crippen LogP contribution in [0.15, 0.2) is 65.8 Å². The Kier molecular flexibility index (Phi) is 12.8. The van der Waals surface area contributed by atoms with Gasteiger partial charge < -0.3 is 15.5 Å². The van der Waals surface area contributed by atoms with Crippen LogP contribution in [0.1, 0.15) is 148 Å². The predicted octanol–water partition coefficient (Wildman–Crippen LogP) is 5.06. The number of hydrogen-bond donors (Lipinski definition) is 1. The van der Waals surface area contributed by atoms with Gasteiger partial charge in [0.25, 0.3) is 11.1 Å². The molecule has 67 heavy (non-hydrogen) atoms. The first-order chi connectivity index (χ1) is 32.6. The Labute approximate surface area is 392 Å². The number of amides is 2. The summed E-state index contributed by atoms with van der Waals surface area (Å²) in [5.74, 6) is 1.70. The number of nitrogens with two attached hydrogens (primary N) is 1. The molecule has 4 aromatic rings. The summed E-state index contributed by atoms with van der Waals surface area (Å²) in [4.78, 5) is 96.4. The molecular formula is C49H58ClN11O6. The molecule has 17 nitrogen and oxygen atoms in total. The number of pyridine rings is 2. The van der Waals surface area contributed by atoms with Crippen LogP contribution < -0.4 is 28.2 Å². The summed E-state index contributed by atoms with van der Waals surface area (Å²) in [6, 6.07) is 8.10. The van der Waals surface area contributed by atoms with Crippen molar-refractivity contribution in [2.75, 3.05) is 32.7 Å². The minimum Gasteiger partial charge on any atom is -0.343 e. The zero-order chi connectivity index (χ0) is 46.3. The zero-order valence-electron chi connectivity index (χ0n) is 37.9. The lowest BCUT2D eigenvalue weighted by Crippen LogP contribution is -2.40. The van der Waals surface area contributed by atoms with Crippen molar-refractivity contribution in [2.24, 2.45) is 15.7 Å². The van der Waals surface area contributed by atoms with Crippen LogP contribution in [-0.4, -0.2) is 94.0 Å². The fourth-order valence-electron chi connectivity index (χ4n) is 9.61. The largest absolute Gasteiger partial charge is 0.343 e. The summed E-state index contributed by atoms with van der Waals surface area (Å²) in [7, 11) is 0. The van der Waals surface area contributed by atoms with Gasteiger partial charge in [0.2, 0.25) is 11.8 Å². The van der Waals surface area contributed by atoms with Crippen molar-refractivity contribution in [3.05, 3.63) is 111 Å². The first-order valence-corrected chi connectivity index (χ1v) is 24.7. The van der Waals surface area contributed by atoms with Crippen LogP contribution in [0.5, 0.6) is 0 Å². The molecule has 0 bridgehead atoms. The molecule has 2 saturated heterocycles. The molecular weight excluding hydrogens is 874 g/mol. The van der Waals surface area contributed by atoms with Gasteiger partial charge in [-0.05, 0) is 121 Å². The van der Waals surface area contributed by atoms with Crippen LogP contribution in [-0.2, 0) is 28.9 Å². The van der Waals surface area contributed by atoms with Gasteiger partial charge in [-0.2, -0.15) is 0 Å². The normalized spacial score (nSPS) is 19.4. The Morgan fingerprint density at radius 2 is 1.03 bits per heavy atom. The van der Waals surface area contributed by atoms with Gasteiger partial charge in [0.1, 0.15) is 16.8 Å². The molecule has 0 spiro atoms. The Morgan fingerprint density at radius 1 is 0.567 bits per heavy atom. The number of aliphatic imine (C=N–C) groups is 2. The van der Waals surface area contributed by atoms with Crippen LogP contribution in [0.4, 0.5) is 11.6 Å². The van der Waals surface area contributed by atoms with Gasteiger partial charge in [-0.3, -0.25) is 42.4 Å². The van der Waals surface area contributed by atoms with Crippen molar-refractivity contribution in [1.82, 2.24) is 38.0 Å². The molecule has 2 N–H and O–H groups in total. The van der Waals surface area contributed by atoms with E-state index in [9.17, 15) is 28.8 Å². The van der Waals surface area contributed by atoms with Crippen molar-refractivity contribution >= 4 is 46.5 Å². The third kappa shape index (κ3) is 9.67. The Morgan fingerprint density at radius 3 is 1.43 bits per heavy atom. The molecule has 18 heteroatoms. The Balaban J connectivity index is 0.000000134. The third-order valence-electron chi connectivity index (χ3n) is 13.9. The number of rotatable bonds is 14. The van der Waals surface area contributed by atoms with Crippen LogP contribution >= 0.6 is 11.6 Å². The van der Waals surface area contributed by atoms with E-state index in [1.165, 1.54) is 9.13 Å². The maximum Gasteiger partial charge on any atom is 0.333 e. The first kappa shape index (κ1) is 45.0. The van der Waals surface area contributed by atoms with Gasteiger partial charge in [0, 0.05) is 105 Å². The molecule has 6 fully saturated rings. The Bertz CT molecular complexity index is 2880. The number of aromatic nitrogens is 6. The quantitative estimate of drug-likeness (QED) is 0.132. The molecule has 4 aliphatic heterocycles. The van der Waals surface area contributed by atoms with Crippen molar-refractivity contribution in [2.45, 2.75) is 140 Å². The summed E-state index contributed by atoms with van der Waals surface area (Å²) in [6.45, 7) is 4.22. The standard InChI is InChI=1S/C25H29N5O3.C17H15ClN4O2.C7H14N2O/c31-22-5-3-13-28(22)12-2-1-4-17-7-6-16(15-26-17)21-14-20-23(27-21)29(18-8-9-18)25(33)30(24(20)32)19-10-11-19;18-14-6-1-9(8-19-14)13-7-12-15(20-13)21(10-2-3-10)17(24)22(16(12)23)11-4-5-11;8-4-2-6-9-5-1-3-7(9)10/h6-7,15,18-19H,1-5,8-14H2;1,6,8,10-11H,2-5,7H2;1-6,8H2. The lowest BCUT2D eigenvalue weighted by molar-refractivity contribution is -0.128. The van der Waals surface area contributed by atoms with E-state index in [-0.39, 0.29) is 52.6 Å². The number of aryl methyl sites for hydroxylation is 1. The fraction of sp³-hybridized carbons (Fsp3) is 0.551. The molecule has 8 heterocycles. The van der Waals surface area contributed by atoms with Crippen molar-refractivity contribution in [3.63, 3.8) is 0 Å². The van der Waals surface area contributed by atoms with Crippen molar-refractivity contribution in [1.29, 1.82) is 0 Å². The van der Waals surface area contributed by atoms with E-state index >= 15 is 0 Å². The third-order valence-corrected chi connectivity index (χ3v) is 14.1. The number of halogens is 1. The van der Waals surface area contributed by atoms with Crippen LogP contribution in [0, 0.1) is 0 Å². The second kappa shape index (κ2) is 19.1. The minimum absolute atomic E-state index is 0.0638. The molecule has 0 aromatic carbocycles. The van der Waals surface area contributed by atoms with Gasteiger partial charge in [0.05, 0.1) is 22.6 Å². The monoisotopic (exact) mass is 931 g/mol. The predicted molar refractivity (Wildman–Crippen MR) is 255 cm³/mol. The van der Waals surface area contributed by atoms with Crippen LogP contribution in [0.3, 0.4) is 0 Å². The van der Waals surface area contributed by atoms with E-state index in [2.05, 4.69) is 15.0 Å². The molecule has 0 unspecified atom stereocenters. The molecule has 0 radical (unpaired) electrons. The van der Waals surface area contributed by atoms with Crippen LogP contribution in [0.2, 0.25) is 5.15 Å². The molecule has 12 rings (SSSR count). The maximum absolute atomic E-state index is 13.1. The molecule has 4 aromatic heterocycles. The molecule has 8 aliphatic rings. The SMILES string of the molecule is NCCCN1CCCC1=O.O=C1CCCN1CCCCc1ccc(C2=Nc3c(c(=O)n(C4CC4)c(=O)n3C3CC3)C2)cn1.O=c1c2c(n(C3CC3)c(=O)n1C1CC1)N=C(c1ccc(Cl)nc1)C2. The van der Waals surface area contributed by atoms with E-state index in [0.29, 0.717) is 59.6 Å². The van der Waals surface area contributed by atoms with Gasteiger partial charge in [-0.25, -0.2) is 24.6 Å². The second-order valence-corrected chi connectivity index (χ2v) is 19.5. The number of carbonyl (C=O) groups is 2. The highest BCUT2D eigenvalue weighted by Crippen LogP contribution is 2.42. The summed E-state index contributed by atoms with van der Waals surface area (Å²) >= 11 is 5.84. The number of likely N-dealkylation sites (tertiary alicyclic amines) is 2. The van der Waals surface area contributed by atoms with Gasteiger partial charge >= 0.3 is 11.4 Å². The van der Waals surface area contributed by atoms with Crippen molar-refractivity contribution < 1.29 is 9.59 Å². The van der Waals surface area contributed by atoms with Gasteiger partial charge in [-0.1, -0.05) is 11.6 Å². The minimum atomic E-state index is -0.192. The number of carbonyl (C=O) groups excluding carboxylic acids is 2. The molecule has 2 amide bonds. The number of unbranched alkanes of at least 4 members (excludes halogenated alkanes) is 1. The number of nitrogens with zero attached hydrogens (tertiary/aromatic N) is 10. The summed E-state index contributed by atoms with van der Waals surface area (Å²) in [6.07, 6.45) is 19.2. The average molecular weight is 933 g/mol. The lowest BCUT2D eigenvalue weighted by Gasteiger charge is -2.14. The highest BCUT2D eigenvalue weighted by atomic mass is 35.5. The van der Waals surface area contributed by atoms with E-state index in [0.717, 1.165) is 151 Å². The first-order valence-electron chi connectivity index (χ1n) is 24.4. The topological polar surface area (TPSA) is 205 Å². The average Bonchev–Trinajstić information content (AvgIpc) is 4.17. The van der Waals surface area contributed by atoms with Gasteiger partial charge in [0.15, 0.2) is 0 Å². The van der Waals surface area contributed by atoms with Crippen molar-refractivity contribution in [3.8, 4) is 0 Å². The highest BCUT2D eigenvalue weighted by Gasteiger charge is 2.39. The van der Waals surface area contributed by atoms with Gasteiger partial charge in [-0.15, -0.1) is 0 Å². The van der Waals surface area contributed by atoms with E-state index in [4.69, 9.17) is 22.3 Å². The second-order valence-electron chi connectivity index (χ2n) is 19.1. The van der Waals surface area contributed by atoms with E-state index in [1.54, 1.807) is 21.4 Å². The smallest absolute Gasteiger partial charge is 0.333 e. The number of hydrogen-bond acceptors (Lipinski definition) is 11. The van der Waals surface area contributed by atoms with Crippen LogP contribution in [0.25, 0.3) is 0 Å². The molecule has 4 aliphatic carbocycles. The summed E-state index contributed by atoms with van der Waals surface area (Å²) in [5, 5.41) is 0.417. The Hall–Kier alpha value is -5.81. The molecule has 0 atom stereocenters. The highest BCUT2D eigenvalue weighted by molar-refractivity contribution is 6.29. The summed E-state index contributed by atoms with van der Waals surface area (Å²) in [5.41, 5.74) is 10.3. The van der Waals surface area contributed by atoms with E-state index in [1.807, 2.05) is 34.2 Å².